The second-order valence-electron chi connectivity index (χ2n) is 5.68. The number of benzene rings is 2. The molecule has 0 fully saturated rings. The van der Waals surface area contributed by atoms with Crippen molar-refractivity contribution in [2.75, 3.05) is 0 Å². The summed E-state index contributed by atoms with van der Waals surface area (Å²) in [6, 6.07) is 14.2. The molecule has 7 heteroatoms. The molecule has 1 unspecified atom stereocenters. The highest BCUT2D eigenvalue weighted by Crippen LogP contribution is 2.31. The summed E-state index contributed by atoms with van der Waals surface area (Å²) in [5.41, 5.74) is 3.84. The lowest BCUT2D eigenvalue weighted by Gasteiger charge is -2.21. The first-order valence-corrected chi connectivity index (χ1v) is 8.46. The highest BCUT2D eigenvalue weighted by molar-refractivity contribution is 6.32. The Hall–Kier alpha value is -3.04. The van der Waals surface area contributed by atoms with Gasteiger partial charge in [-0.1, -0.05) is 30.7 Å². The topological polar surface area (TPSA) is 83.7 Å². The summed E-state index contributed by atoms with van der Waals surface area (Å²) < 4.78 is 11.4. The molecule has 0 radical (unpaired) electrons. The van der Waals surface area contributed by atoms with Crippen LogP contribution in [0, 0.1) is 11.3 Å². The van der Waals surface area contributed by atoms with E-state index in [-0.39, 0.29) is 5.91 Å². The van der Waals surface area contributed by atoms with Gasteiger partial charge in [-0.15, -0.1) is 5.10 Å². The lowest BCUT2D eigenvalue weighted by atomic mass is 10.1. The third kappa shape index (κ3) is 4.13. The monoisotopic (exact) mass is 369 g/mol. The summed E-state index contributed by atoms with van der Waals surface area (Å²) in [4.78, 5) is 11.6. The molecule has 132 valence electrons. The van der Waals surface area contributed by atoms with E-state index in [1.54, 1.807) is 36.4 Å². The van der Waals surface area contributed by atoms with Crippen LogP contribution in [0.25, 0.3) is 0 Å². The number of hydrogen-bond acceptors (Lipinski definition) is 5. The van der Waals surface area contributed by atoms with Gasteiger partial charge in [0.25, 0.3) is 5.91 Å². The molecule has 0 saturated carbocycles. The van der Waals surface area contributed by atoms with E-state index < -0.39 is 6.10 Å². The molecule has 0 aliphatic carbocycles. The van der Waals surface area contributed by atoms with Crippen molar-refractivity contribution in [3.8, 4) is 17.6 Å². The molecule has 0 bridgehead atoms. The Morgan fingerprint density at radius 2 is 2.19 bits per heavy atom. The zero-order valence-corrected chi connectivity index (χ0v) is 14.8. The van der Waals surface area contributed by atoms with Crippen molar-refractivity contribution >= 4 is 23.4 Å². The number of nitrogens with one attached hydrogen (secondary N) is 1. The average Bonchev–Trinajstić information content (AvgIpc) is 2.66. The largest absolute Gasteiger partial charge is 0.466 e. The van der Waals surface area contributed by atoms with E-state index in [1.165, 1.54) is 0 Å². The Morgan fingerprint density at radius 1 is 1.35 bits per heavy atom. The number of ether oxygens (including phenoxy) is 2. The molecule has 0 aromatic heterocycles. The molecule has 0 saturated heterocycles. The predicted molar refractivity (Wildman–Crippen MR) is 97.1 cm³/mol. The standard InChI is InChI=1S/C19H16ClN3O3/c1-2-16-19(24)23-22-18(26-16)10-12-6-7-15(20)17(9-12)25-14-5-3-4-13(8-14)11-21/h3-9,16H,2,10H2,1H3,(H,23,24). The first kappa shape index (κ1) is 17.8. The average molecular weight is 370 g/mol. The van der Waals surface area contributed by atoms with Crippen LogP contribution in [-0.4, -0.2) is 17.9 Å². The smallest absolute Gasteiger partial charge is 0.281 e. The van der Waals surface area contributed by atoms with E-state index in [4.69, 9.17) is 26.3 Å². The maximum absolute atomic E-state index is 11.6. The molecular weight excluding hydrogens is 354 g/mol. The Morgan fingerprint density at radius 3 is 2.96 bits per heavy atom. The van der Waals surface area contributed by atoms with E-state index in [2.05, 4.69) is 16.6 Å². The predicted octanol–water partition coefficient (Wildman–Crippen LogP) is 3.78. The van der Waals surface area contributed by atoms with Crippen molar-refractivity contribution in [3.05, 3.63) is 58.6 Å². The van der Waals surface area contributed by atoms with Crippen LogP contribution in [-0.2, 0) is 16.0 Å². The van der Waals surface area contributed by atoms with E-state index in [9.17, 15) is 4.79 Å². The normalized spacial score (nSPS) is 16.1. The summed E-state index contributed by atoms with van der Waals surface area (Å²) in [5, 5.41) is 13.4. The van der Waals surface area contributed by atoms with E-state index in [1.807, 2.05) is 13.0 Å². The van der Waals surface area contributed by atoms with Crippen LogP contribution in [0.4, 0.5) is 0 Å². The number of amides is 1. The molecule has 1 atom stereocenters. The van der Waals surface area contributed by atoms with Gasteiger partial charge in [-0.25, -0.2) is 5.43 Å². The number of rotatable bonds is 5. The van der Waals surface area contributed by atoms with Gasteiger partial charge in [0.2, 0.25) is 5.90 Å². The first-order chi connectivity index (χ1) is 12.6. The van der Waals surface area contributed by atoms with Crippen molar-refractivity contribution in [2.24, 2.45) is 5.10 Å². The highest BCUT2D eigenvalue weighted by atomic mass is 35.5. The van der Waals surface area contributed by atoms with Crippen LogP contribution in [0.1, 0.15) is 24.5 Å². The van der Waals surface area contributed by atoms with Gasteiger partial charge >= 0.3 is 0 Å². The fraction of sp³-hybridized carbons (Fsp3) is 0.211. The fourth-order valence-electron chi connectivity index (χ4n) is 2.45. The zero-order chi connectivity index (χ0) is 18.5. The van der Waals surface area contributed by atoms with E-state index in [0.29, 0.717) is 40.8 Å². The number of carbonyl (C=O) groups excluding carboxylic acids is 1. The Balaban J connectivity index is 1.77. The minimum atomic E-state index is -0.528. The molecule has 0 spiro atoms. The van der Waals surface area contributed by atoms with Crippen molar-refractivity contribution in [1.82, 2.24) is 5.43 Å². The van der Waals surface area contributed by atoms with Crippen LogP contribution in [0.5, 0.6) is 11.5 Å². The third-order valence-corrected chi connectivity index (χ3v) is 4.09. The number of hydrogen-bond donors (Lipinski definition) is 1. The van der Waals surface area contributed by atoms with Gasteiger partial charge in [0.15, 0.2) is 6.10 Å². The maximum Gasteiger partial charge on any atom is 0.281 e. The summed E-state index contributed by atoms with van der Waals surface area (Å²) >= 11 is 6.22. The lowest BCUT2D eigenvalue weighted by molar-refractivity contribution is -0.130. The Bertz CT molecular complexity index is 905. The van der Waals surface area contributed by atoms with Gasteiger partial charge in [-0.05, 0) is 42.3 Å². The third-order valence-electron chi connectivity index (χ3n) is 3.77. The number of halogens is 1. The number of nitrogens with zero attached hydrogens (tertiary/aromatic N) is 2. The quantitative estimate of drug-likeness (QED) is 0.869. The van der Waals surface area contributed by atoms with Crippen molar-refractivity contribution in [1.29, 1.82) is 5.26 Å². The Kier molecular flexibility index (Phi) is 5.40. The van der Waals surface area contributed by atoms with Gasteiger partial charge in [-0.3, -0.25) is 4.79 Å². The molecule has 6 nitrogen and oxygen atoms in total. The Labute approximate surface area is 156 Å². The molecule has 1 amide bonds. The summed E-state index contributed by atoms with van der Waals surface area (Å²) in [6.45, 7) is 1.87. The van der Waals surface area contributed by atoms with Crippen LogP contribution in [0.3, 0.4) is 0 Å². The lowest BCUT2D eigenvalue weighted by Crippen LogP contribution is -2.40. The fourth-order valence-corrected chi connectivity index (χ4v) is 2.61. The number of hydrazone groups is 1. The van der Waals surface area contributed by atoms with Crippen molar-refractivity contribution in [2.45, 2.75) is 25.9 Å². The maximum atomic E-state index is 11.6. The molecule has 1 aliphatic rings. The zero-order valence-electron chi connectivity index (χ0n) is 14.0. The van der Waals surface area contributed by atoms with Crippen molar-refractivity contribution < 1.29 is 14.3 Å². The number of carbonyl (C=O) groups is 1. The van der Waals surface area contributed by atoms with Crippen LogP contribution >= 0.6 is 11.6 Å². The highest BCUT2D eigenvalue weighted by Gasteiger charge is 2.24. The second kappa shape index (κ2) is 7.89. The van der Waals surface area contributed by atoms with Gasteiger partial charge in [-0.2, -0.15) is 5.26 Å². The molecule has 1 heterocycles. The molecule has 3 rings (SSSR count). The second-order valence-corrected chi connectivity index (χ2v) is 6.09. The molecule has 26 heavy (non-hydrogen) atoms. The van der Waals surface area contributed by atoms with Gasteiger partial charge in [0.1, 0.15) is 11.5 Å². The molecule has 2 aromatic rings. The summed E-state index contributed by atoms with van der Waals surface area (Å²) in [5.74, 6) is 1.17. The summed E-state index contributed by atoms with van der Waals surface area (Å²) in [6.07, 6.45) is 0.427. The summed E-state index contributed by atoms with van der Waals surface area (Å²) in [7, 11) is 0. The number of nitriles is 1. The van der Waals surface area contributed by atoms with E-state index in [0.717, 1.165) is 5.56 Å². The minimum Gasteiger partial charge on any atom is -0.466 e. The molecular formula is C19H16ClN3O3. The van der Waals surface area contributed by atoms with Gasteiger partial charge < -0.3 is 9.47 Å². The van der Waals surface area contributed by atoms with E-state index >= 15 is 0 Å². The van der Waals surface area contributed by atoms with Crippen LogP contribution in [0.2, 0.25) is 5.02 Å². The van der Waals surface area contributed by atoms with Gasteiger partial charge in [0.05, 0.1) is 23.1 Å². The van der Waals surface area contributed by atoms with Gasteiger partial charge in [0, 0.05) is 0 Å². The van der Waals surface area contributed by atoms with Crippen LogP contribution in [0.15, 0.2) is 47.6 Å². The molecule has 1 N–H and O–H groups in total. The SMILES string of the molecule is CCC1OC(Cc2ccc(Cl)c(Oc3cccc(C#N)c3)c2)=NNC1=O. The molecule has 2 aromatic carbocycles. The molecule has 1 aliphatic heterocycles. The van der Waals surface area contributed by atoms with Crippen LogP contribution < -0.4 is 10.2 Å². The minimum absolute atomic E-state index is 0.242. The van der Waals surface area contributed by atoms with Crippen molar-refractivity contribution in [3.63, 3.8) is 0 Å². The first-order valence-electron chi connectivity index (χ1n) is 8.08.